The lowest BCUT2D eigenvalue weighted by atomic mass is 9.92. The predicted molar refractivity (Wildman–Crippen MR) is 76.2 cm³/mol. The van der Waals surface area contributed by atoms with Gasteiger partial charge in [-0.25, -0.2) is 9.97 Å². The molecule has 1 fully saturated rings. The fraction of sp³-hybridized carbons (Fsp3) is 0.714. The Kier molecular flexibility index (Phi) is 3.81. The highest BCUT2D eigenvalue weighted by Crippen LogP contribution is 2.38. The van der Waals surface area contributed by atoms with Crippen LogP contribution >= 0.6 is 11.6 Å². The number of hydrogen-bond donors (Lipinski definition) is 1. The van der Waals surface area contributed by atoms with E-state index in [9.17, 15) is 0 Å². The second-order valence-corrected chi connectivity index (χ2v) is 6.72. The van der Waals surface area contributed by atoms with Gasteiger partial charge in [0.05, 0.1) is 0 Å². The van der Waals surface area contributed by atoms with Crippen molar-refractivity contribution in [1.82, 2.24) is 9.97 Å². The van der Waals surface area contributed by atoms with Crippen LogP contribution in [0.2, 0.25) is 5.15 Å². The summed E-state index contributed by atoms with van der Waals surface area (Å²) in [5.74, 6) is 1.97. The lowest BCUT2D eigenvalue weighted by Crippen LogP contribution is -2.19. The van der Waals surface area contributed by atoms with Gasteiger partial charge >= 0.3 is 0 Å². The molecule has 100 valence electrons. The minimum Gasteiger partial charge on any atom is -0.367 e. The number of aromatic nitrogens is 2. The summed E-state index contributed by atoms with van der Waals surface area (Å²) in [5.41, 5.74) is 0.440. The summed E-state index contributed by atoms with van der Waals surface area (Å²) in [4.78, 5) is 8.79. The second kappa shape index (κ2) is 5.04. The minimum atomic E-state index is 0.296. The van der Waals surface area contributed by atoms with Crippen LogP contribution in [-0.4, -0.2) is 16.0 Å². The molecule has 1 heterocycles. The van der Waals surface area contributed by atoms with E-state index in [2.05, 4.69) is 43.0 Å². The molecule has 1 aliphatic rings. The van der Waals surface area contributed by atoms with Crippen LogP contribution in [0.5, 0.6) is 0 Å². The molecule has 0 bridgehead atoms. The normalized spacial score (nSPS) is 22.4. The van der Waals surface area contributed by atoms with Crippen molar-refractivity contribution in [2.45, 2.75) is 58.9 Å². The van der Waals surface area contributed by atoms with E-state index in [4.69, 9.17) is 11.6 Å². The first-order chi connectivity index (χ1) is 8.35. The summed E-state index contributed by atoms with van der Waals surface area (Å²) in [6, 6.07) is 2.32. The fourth-order valence-corrected chi connectivity index (χ4v) is 2.73. The first kappa shape index (κ1) is 13.6. The minimum absolute atomic E-state index is 0.296. The molecule has 0 radical (unpaired) electrons. The van der Waals surface area contributed by atoms with E-state index in [0.717, 1.165) is 11.6 Å². The van der Waals surface area contributed by atoms with Crippen LogP contribution < -0.4 is 5.32 Å². The van der Waals surface area contributed by atoms with Crippen molar-refractivity contribution in [3.8, 4) is 0 Å². The van der Waals surface area contributed by atoms with Crippen molar-refractivity contribution in [3.63, 3.8) is 0 Å². The summed E-state index contributed by atoms with van der Waals surface area (Å²) in [6.45, 7) is 8.80. The molecule has 0 amide bonds. The van der Waals surface area contributed by atoms with Gasteiger partial charge < -0.3 is 5.32 Å². The molecule has 1 N–H and O–H groups in total. The molecule has 1 unspecified atom stereocenters. The summed E-state index contributed by atoms with van der Waals surface area (Å²) < 4.78 is 0. The first-order valence-corrected chi connectivity index (χ1v) is 7.04. The standard InChI is InChI=1S/C14H22ClN3/c1-9(2)13-17-11(15)7-12(18-13)16-10-5-6-14(3,4)8-10/h7,9-10H,5-6,8H2,1-4H3,(H,16,17,18). The number of anilines is 1. The molecular formula is C14H22ClN3. The Morgan fingerprint density at radius 1 is 1.39 bits per heavy atom. The number of rotatable bonds is 3. The van der Waals surface area contributed by atoms with Crippen molar-refractivity contribution < 1.29 is 0 Å². The third-order valence-electron chi connectivity index (χ3n) is 3.55. The van der Waals surface area contributed by atoms with E-state index >= 15 is 0 Å². The van der Waals surface area contributed by atoms with Gasteiger partial charge in [0.2, 0.25) is 0 Å². The van der Waals surface area contributed by atoms with Gasteiger partial charge in [-0.2, -0.15) is 0 Å². The van der Waals surface area contributed by atoms with Gasteiger partial charge in [-0.3, -0.25) is 0 Å². The van der Waals surface area contributed by atoms with Crippen molar-refractivity contribution >= 4 is 17.4 Å². The molecule has 1 atom stereocenters. The quantitative estimate of drug-likeness (QED) is 0.832. The molecular weight excluding hydrogens is 246 g/mol. The highest BCUT2D eigenvalue weighted by atomic mass is 35.5. The topological polar surface area (TPSA) is 37.8 Å². The van der Waals surface area contributed by atoms with Crippen molar-refractivity contribution in [2.24, 2.45) is 5.41 Å². The van der Waals surface area contributed by atoms with Crippen LogP contribution in [0, 0.1) is 5.41 Å². The van der Waals surface area contributed by atoms with Crippen molar-refractivity contribution in [2.75, 3.05) is 5.32 Å². The molecule has 4 heteroatoms. The maximum Gasteiger partial charge on any atom is 0.135 e. The Morgan fingerprint density at radius 2 is 2.11 bits per heavy atom. The zero-order valence-corrected chi connectivity index (χ0v) is 12.4. The summed E-state index contributed by atoms with van der Waals surface area (Å²) in [6.07, 6.45) is 3.65. The highest BCUT2D eigenvalue weighted by Gasteiger charge is 2.31. The van der Waals surface area contributed by atoms with Crippen LogP contribution in [0.4, 0.5) is 5.82 Å². The zero-order valence-electron chi connectivity index (χ0n) is 11.6. The molecule has 0 aliphatic heterocycles. The van der Waals surface area contributed by atoms with Gasteiger partial charge in [-0.15, -0.1) is 0 Å². The third kappa shape index (κ3) is 3.35. The molecule has 0 saturated heterocycles. The van der Waals surface area contributed by atoms with Crippen LogP contribution in [0.1, 0.15) is 58.7 Å². The van der Waals surface area contributed by atoms with E-state index in [1.54, 1.807) is 0 Å². The highest BCUT2D eigenvalue weighted by molar-refractivity contribution is 6.29. The summed E-state index contributed by atoms with van der Waals surface area (Å²) >= 11 is 6.04. The lowest BCUT2D eigenvalue weighted by Gasteiger charge is -2.18. The Morgan fingerprint density at radius 3 is 2.67 bits per heavy atom. The summed E-state index contributed by atoms with van der Waals surface area (Å²) in [7, 11) is 0. The average Bonchev–Trinajstić information content (AvgIpc) is 2.57. The van der Waals surface area contributed by atoms with E-state index in [0.29, 0.717) is 22.5 Å². The van der Waals surface area contributed by atoms with Gasteiger partial charge in [0.25, 0.3) is 0 Å². The maximum absolute atomic E-state index is 6.04. The monoisotopic (exact) mass is 267 g/mol. The molecule has 3 nitrogen and oxygen atoms in total. The smallest absolute Gasteiger partial charge is 0.135 e. The number of hydrogen-bond acceptors (Lipinski definition) is 3. The van der Waals surface area contributed by atoms with Gasteiger partial charge in [0.1, 0.15) is 16.8 Å². The summed E-state index contributed by atoms with van der Waals surface area (Å²) in [5, 5.41) is 4.02. The number of nitrogens with one attached hydrogen (secondary N) is 1. The number of halogens is 1. The average molecular weight is 268 g/mol. The first-order valence-electron chi connectivity index (χ1n) is 6.67. The molecule has 0 spiro atoms. The van der Waals surface area contributed by atoms with Gasteiger partial charge in [-0.1, -0.05) is 39.3 Å². The van der Waals surface area contributed by atoms with Gasteiger partial charge in [0.15, 0.2) is 0 Å². The molecule has 18 heavy (non-hydrogen) atoms. The molecule has 1 aromatic heterocycles. The number of nitrogens with zero attached hydrogens (tertiary/aromatic N) is 2. The SMILES string of the molecule is CC(C)c1nc(Cl)cc(NC2CCC(C)(C)C2)n1. The Hall–Kier alpha value is -0.830. The predicted octanol–water partition coefficient (Wildman–Crippen LogP) is 4.24. The van der Waals surface area contributed by atoms with Crippen LogP contribution in [0.3, 0.4) is 0 Å². The van der Waals surface area contributed by atoms with Crippen LogP contribution in [-0.2, 0) is 0 Å². The zero-order chi connectivity index (χ0) is 13.3. The van der Waals surface area contributed by atoms with E-state index in [1.807, 2.05) is 6.07 Å². The Bertz CT molecular complexity index is 429. The molecule has 2 rings (SSSR count). The van der Waals surface area contributed by atoms with Crippen LogP contribution in [0.25, 0.3) is 0 Å². The molecule has 1 aliphatic carbocycles. The van der Waals surface area contributed by atoms with Gasteiger partial charge in [-0.05, 0) is 24.7 Å². The molecule has 0 aromatic carbocycles. The van der Waals surface area contributed by atoms with E-state index in [-0.39, 0.29) is 0 Å². The lowest BCUT2D eigenvalue weighted by molar-refractivity contribution is 0.378. The third-order valence-corrected chi connectivity index (χ3v) is 3.74. The van der Waals surface area contributed by atoms with Crippen LogP contribution in [0.15, 0.2) is 6.07 Å². The second-order valence-electron chi connectivity index (χ2n) is 6.34. The van der Waals surface area contributed by atoms with E-state index in [1.165, 1.54) is 19.3 Å². The maximum atomic E-state index is 6.04. The van der Waals surface area contributed by atoms with Crippen molar-refractivity contribution in [3.05, 3.63) is 17.0 Å². The fourth-order valence-electron chi connectivity index (χ4n) is 2.54. The molecule has 1 saturated carbocycles. The Balaban J connectivity index is 2.10. The van der Waals surface area contributed by atoms with Crippen molar-refractivity contribution in [1.29, 1.82) is 0 Å². The molecule has 1 aromatic rings. The largest absolute Gasteiger partial charge is 0.367 e. The van der Waals surface area contributed by atoms with Gasteiger partial charge in [0, 0.05) is 18.0 Å². The Labute approximate surface area is 114 Å². The van der Waals surface area contributed by atoms with E-state index < -0.39 is 0 Å².